The van der Waals surface area contributed by atoms with Crippen LogP contribution in [0.25, 0.3) is 0 Å². The van der Waals surface area contributed by atoms with Crippen molar-refractivity contribution in [2.45, 2.75) is 49.2 Å². The van der Waals surface area contributed by atoms with E-state index in [1.165, 1.54) is 12.8 Å². The molecule has 0 aliphatic heterocycles. The predicted octanol–water partition coefficient (Wildman–Crippen LogP) is 3.90. The summed E-state index contributed by atoms with van der Waals surface area (Å²) in [5.74, 6) is 0.599. The highest BCUT2D eigenvalue weighted by molar-refractivity contribution is 7.85. The summed E-state index contributed by atoms with van der Waals surface area (Å²) >= 11 is 0. The largest absolute Gasteiger partial charge is 0.254 e. The van der Waals surface area contributed by atoms with Crippen molar-refractivity contribution >= 4 is 10.8 Å². The van der Waals surface area contributed by atoms with E-state index in [9.17, 15) is 9.47 Å². The lowest BCUT2D eigenvalue weighted by atomic mass is 9.80. The Balaban J connectivity index is 2.14. The first kappa shape index (κ1) is 14.3. The molecule has 4 atom stereocenters. The third-order valence-electron chi connectivity index (χ3n) is 4.01. The summed E-state index contributed by atoms with van der Waals surface area (Å²) in [5, 5.41) is 9.30. The second-order valence-corrected chi connectivity index (χ2v) is 7.02. The van der Waals surface area contributed by atoms with Crippen molar-refractivity contribution in [2.75, 3.05) is 0 Å². The molecule has 0 aromatic heterocycles. The minimum atomic E-state index is -1.05. The highest BCUT2D eigenvalue weighted by Crippen LogP contribution is 2.36. The maximum absolute atomic E-state index is 12.7. The molecule has 3 heteroatoms. The van der Waals surface area contributed by atoms with E-state index in [1.54, 1.807) is 0 Å². The highest BCUT2D eigenvalue weighted by atomic mass is 32.2. The van der Waals surface area contributed by atoms with Crippen molar-refractivity contribution in [3.05, 3.63) is 30.3 Å². The van der Waals surface area contributed by atoms with Crippen molar-refractivity contribution in [1.29, 1.82) is 5.26 Å². The lowest BCUT2D eigenvalue weighted by Gasteiger charge is -2.32. The number of nitriles is 1. The molecule has 0 radical (unpaired) electrons. The van der Waals surface area contributed by atoms with Crippen LogP contribution in [-0.2, 0) is 10.8 Å². The van der Waals surface area contributed by atoms with Crippen LogP contribution in [0.15, 0.2) is 35.2 Å². The van der Waals surface area contributed by atoms with E-state index < -0.39 is 10.8 Å². The van der Waals surface area contributed by atoms with Gasteiger partial charge in [0.15, 0.2) is 0 Å². The van der Waals surface area contributed by atoms with Gasteiger partial charge in [-0.3, -0.25) is 4.21 Å². The standard InChI is InChI=1S/C16H21NOS/c1-2-6-13-9-10-14(12-17)16(11-13)19(18)15-7-4-3-5-8-15/h3-5,7-8,13-14,16H,2,6,9-11H2,1H3. The molecule has 1 aromatic rings. The second-order valence-electron chi connectivity index (χ2n) is 5.35. The SMILES string of the molecule is CCCC1CCC(C#N)C(S(=O)c2ccccc2)C1. The van der Waals surface area contributed by atoms with E-state index in [4.69, 9.17) is 0 Å². The Labute approximate surface area is 118 Å². The monoisotopic (exact) mass is 275 g/mol. The van der Waals surface area contributed by atoms with Crippen LogP contribution in [0.3, 0.4) is 0 Å². The van der Waals surface area contributed by atoms with Crippen LogP contribution in [0.1, 0.15) is 39.0 Å². The summed E-state index contributed by atoms with van der Waals surface area (Å²) in [5.41, 5.74) is 0. The molecular formula is C16H21NOS. The van der Waals surface area contributed by atoms with Gasteiger partial charge in [0.1, 0.15) is 0 Å². The van der Waals surface area contributed by atoms with Crippen LogP contribution < -0.4 is 0 Å². The Morgan fingerprint density at radius 2 is 2.05 bits per heavy atom. The average Bonchev–Trinajstić information content (AvgIpc) is 2.47. The lowest BCUT2D eigenvalue weighted by Crippen LogP contribution is -2.32. The van der Waals surface area contributed by atoms with Crippen LogP contribution in [-0.4, -0.2) is 9.46 Å². The van der Waals surface area contributed by atoms with E-state index in [0.29, 0.717) is 5.92 Å². The molecule has 0 spiro atoms. The van der Waals surface area contributed by atoms with Crippen LogP contribution >= 0.6 is 0 Å². The van der Waals surface area contributed by atoms with Crippen LogP contribution in [0.2, 0.25) is 0 Å². The van der Waals surface area contributed by atoms with Crippen LogP contribution in [0.5, 0.6) is 0 Å². The highest BCUT2D eigenvalue weighted by Gasteiger charge is 2.34. The molecular weight excluding hydrogens is 254 g/mol. The van der Waals surface area contributed by atoms with Gasteiger partial charge in [0, 0.05) is 4.90 Å². The van der Waals surface area contributed by atoms with Gasteiger partial charge in [0.05, 0.1) is 28.0 Å². The fourth-order valence-corrected chi connectivity index (χ4v) is 4.71. The third-order valence-corrected chi connectivity index (χ3v) is 5.82. The molecule has 2 rings (SSSR count). The maximum atomic E-state index is 12.7. The first-order chi connectivity index (χ1) is 9.26. The molecule has 0 saturated heterocycles. The maximum Gasteiger partial charge on any atom is 0.0668 e. The van der Waals surface area contributed by atoms with Crippen molar-refractivity contribution in [3.63, 3.8) is 0 Å². The van der Waals surface area contributed by atoms with Crippen molar-refractivity contribution < 1.29 is 4.21 Å². The minimum absolute atomic E-state index is 0.0118. The lowest BCUT2D eigenvalue weighted by molar-refractivity contribution is 0.303. The minimum Gasteiger partial charge on any atom is -0.254 e. The van der Waals surface area contributed by atoms with E-state index in [2.05, 4.69) is 13.0 Å². The Kier molecular flexibility index (Phi) is 5.15. The van der Waals surface area contributed by atoms with E-state index in [1.807, 2.05) is 30.3 Å². The molecule has 0 bridgehead atoms. The topological polar surface area (TPSA) is 40.9 Å². The van der Waals surface area contributed by atoms with Gasteiger partial charge in [0.25, 0.3) is 0 Å². The molecule has 1 aromatic carbocycles. The van der Waals surface area contributed by atoms with E-state index in [-0.39, 0.29) is 11.2 Å². The summed E-state index contributed by atoms with van der Waals surface area (Å²) in [4.78, 5) is 0.866. The fourth-order valence-electron chi connectivity index (χ4n) is 3.00. The Hall–Kier alpha value is -1.14. The smallest absolute Gasteiger partial charge is 0.0668 e. The third kappa shape index (κ3) is 3.45. The molecule has 1 aliphatic carbocycles. The first-order valence-electron chi connectivity index (χ1n) is 7.11. The van der Waals surface area contributed by atoms with Gasteiger partial charge < -0.3 is 0 Å². The van der Waals surface area contributed by atoms with Crippen LogP contribution in [0, 0.1) is 23.2 Å². The number of nitrogens with zero attached hydrogens (tertiary/aromatic N) is 1. The summed E-state index contributed by atoms with van der Waals surface area (Å²) < 4.78 is 12.7. The molecule has 2 nitrogen and oxygen atoms in total. The Bertz CT molecular complexity index is 465. The molecule has 1 fully saturated rings. The Morgan fingerprint density at radius 1 is 1.32 bits per heavy atom. The molecule has 0 amide bonds. The van der Waals surface area contributed by atoms with Gasteiger partial charge in [-0.15, -0.1) is 0 Å². The Morgan fingerprint density at radius 3 is 2.68 bits per heavy atom. The summed E-state index contributed by atoms with van der Waals surface area (Å²) in [6, 6.07) is 12.0. The number of benzene rings is 1. The number of hydrogen-bond acceptors (Lipinski definition) is 2. The summed E-state index contributed by atoms with van der Waals surface area (Å²) in [6.45, 7) is 2.19. The zero-order chi connectivity index (χ0) is 13.7. The molecule has 102 valence electrons. The molecule has 0 N–H and O–H groups in total. The van der Waals surface area contributed by atoms with Gasteiger partial charge in [-0.2, -0.15) is 5.26 Å². The van der Waals surface area contributed by atoms with E-state index in [0.717, 1.165) is 24.2 Å². The van der Waals surface area contributed by atoms with Gasteiger partial charge >= 0.3 is 0 Å². The van der Waals surface area contributed by atoms with Gasteiger partial charge in [-0.05, 0) is 37.3 Å². The molecule has 1 aliphatic rings. The second kappa shape index (κ2) is 6.86. The summed E-state index contributed by atoms with van der Waals surface area (Å²) in [6.07, 6.45) is 5.33. The van der Waals surface area contributed by atoms with E-state index >= 15 is 0 Å². The van der Waals surface area contributed by atoms with Gasteiger partial charge in [-0.1, -0.05) is 38.0 Å². The first-order valence-corrected chi connectivity index (χ1v) is 8.32. The quantitative estimate of drug-likeness (QED) is 0.836. The van der Waals surface area contributed by atoms with Crippen LogP contribution in [0.4, 0.5) is 0 Å². The molecule has 1 saturated carbocycles. The van der Waals surface area contributed by atoms with Gasteiger partial charge in [0.2, 0.25) is 0 Å². The normalized spacial score (nSPS) is 28.5. The van der Waals surface area contributed by atoms with Crippen molar-refractivity contribution in [2.24, 2.45) is 11.8 Å². The zero-order valence-corrected chi connectivity index (χ0v) is 12.2. The number of rotatable bonds is 4. The molecule has 19 heavy (non-hydrogen) atoms. The average molecular weight is 275 g/mol. The number of hydrogen-bond donors (Lipinski definition) is 0. The predicted molar refractivity (Wildman–Crippen MR) is 78.0 cm³/mol. The van der Waals surface area contributed by atoms with Crippen molar-refractivity contribution in [1.82, 2.24) is 0 Å². The molecule has 4 unspecified atom stereocenters. The van der Waals surface area contributed by atoms with Crippen molar-refractivity contribution in [3.8, 4) is 6.07 Å². The van der Waals surface area contributed by atoms with Gasteiger partial charge in [-0.25, -0.2) is 0 Å². The molecule has 0 heterocycles. The summed E-state index contributed by atoms with van der Waals surface area (Å²) in [7, 11) is -1.05. The zero-order valence-electron chi connectivity index (χ0n) is 11.4. The fraction of sp³-hybridized carbons (Fsp3) is 0.562.